The number of fused-ring (bicyclic) bond motifs is 2. The van der Waals surface area contributed by atoms with E-state index in [1.54, 1.807) is 23.0 Å². The number of carbonyl (C=O) groups excluding carboxylic acids is 1. The third-order valence-electron chi connectivity index (χ3n) is 6.76. The van der Waals surface area contributed by atoms with Crippen molar-refractivity contribution in [1.29, 1.82) is 0 Å². The number of nitrogens with zero attached hydrogens (tertiary/aromatic N) is 4. The first-order chi connectivity index (χ1) is 14.2. The molecule has 0 aliphatic carbocycles. The average molecular weight is 407 g/mol. The highest BCUT2D eigenvalue weighted by Crippen LogP contribution is 2.55. The molecule has 1 amide bonds. The lowest BCUT2D eigenvalue weighted by Gasteiger charge is -2.29. The molecular weight excluding hydrogens is 386 g/mol. The minimum Gasteiger partial charge on any atom is -0.369 e. The topological polar surface area (TPSA) is 80.2 Å². The molecule has 29 heavy (non-hydrogen) atoms. The van der Waals surface area contributed by atoms with Crippen LogP contribution in [0.25, 0.3) is 10.8 Å². The second-order valence-corrected chi connectivity index (χ2v) is 9.07. The monoisotopic (exact) mass is 407 g/mol. The number of ether oxygens (including phenoxy) is 1. The summed E-state index contributed by atoms with van der Waals surface area (Å²) in [4.78, 5) is 19.4. The Morgan fingerprint density at radius 3 is 3.10 bits per heavy atom. The number of rotatable bonds is 4. The quantitative estimate of drug-likeness (QED) is 0.716. The maximum atomic E-state index is 12.8. The molecule has 0 radical (unpaired) electrons. The summed E-state index contributed by atoms with van der Waals surface area (Å²) in [5.74, 6) is 0.618. The number of carbonyl (C=O) groups is 1. The summed E-state index contributed by atoms with van der Waals surface area (Å²) in [5, 5.41) is 14.4. The molecule has 1 spiro atoms. The third-order valence-corrected chi connectivity index (χ3v) is 7.52. The Labute approximate surface area is 172 Å². The van der Waals surface area contributed by atoms with Crippen molar-refractivity contribution in [2.75, 3.05) is 24.5 Å². The van der Waals surface area contributed by atoms with Crippen LogP contribution in [0.5, 0.6) is 0 Å². The normalized spacial score (nSPS) is 30.1. The molecule has 4 atom stereocenters. The van der Waals surface area contributed by atoms with Crippen LogP contribution in [0.1, 0.15) is 23.3 Å². The zero-order valence-corrected chi connectivity index (χ0v) is 16.6. The molecular formula is C21H21N5O2S. The number of nitrogens with one attached hydrogen (secondary N) is 1. The predicted octanol–water partition coefficient (Wildman–Crippen LogP) is 2.50. The molecule has 5 heterocycles. The highest BCUT2D eigenvalue weighted by molar-refractivity contribution is 7.13. The van der Waals surface area contributed by atoms with E-state index >= 15 is 0 Å². The van der Waals surface area contributed by atoms with Crippen molar-refractivity contribution in [3.8, 4) is 0 Å². The van der Waals surface area contributed by atoms with E-state index in [4.69, 9.17) is 4.74 Å². The predicted molar refractivity (Wildman–Crippen MR) is 110 cm³/mol. The van der Waals surface area contributed by atoms with Crippen molar-refractivity contribution < 1.29 is 9.53 Å². The van der Waals surface area contributed by atoms with Gasteiger partial charge in [0.2, 0.25) is 5.13 Å². The molecule has 6 rings (SSSR count). The first kappa shape index (κ1) is 17.3. The van der Waals surface area contributed by atoms with E-state index in [-0.39, 0.29) is 17.6 Å². The molecule has 1 N–H and O–H groups in total. The van der Waals surface area contributed by atoms with Crippen molar-refractivity contribution in [2.24, 2.45) is 11.8 Å². The Kier molecular flexibility index (Phi) is 3.86. The lowest BCUT2D eigenvalue weighted by molar-refractivity contribution is 0.0141. The maximum Gasteiger partial charge on any atom is 0.269 e. The fourth-order valence-electron chi connectivity index (χ4n) is 5.42. The van der Waals surface area contributed by atoms with E-state index in [0.717, 1.165) is 41.8 Å². The fraction of sp³-hybridized carbons (Fsp3) is 0.429. The summed E-state index contributed by atoms with van der Waals surface area (Å²) in [5.41, 5.74) is 2.14. The number of benzene rings is 1. The van der Waals surface area contributed by atoms with Crippen molar-refractivity contribution in [2.45, 2.75) is 24.5 Å². The Hall–Kier alpha value is -2.58. The van der Waals surface area contributed by atoms with Crippen LogP contribution < -0.4 is 10.2 Å². The number of hydrogen-bond acceptors (Lipinski definition) is 7. The van der Waals surface area contributed by atoms with Crippen molar-refractivity contribution >= 4 is 33.1 Å². The standard InChI is InChI=1S/C21H21N5O2S/c27-19(17-7-13-3-1-2-4-14(13)8-22-17)23-9-15-16-10-26(20-25-24-12-29-20)11-21(16)6-5-18(15)28-21/h1-4,7-8,12,15-16,18H,5-6,9-11H2,(H,23,27)/t15-,16+,18+,21+/m0/s1. The minimum absolute atomic E-state index is 0.0903. The first-order valence-electron chi connectivity index (χ1n) is 10.0. The highest BCUT2D eigenvalue weighted by Gasteiger charge is 2.63. The molecule has 3 aromatic rings. The summed E-state index contributed by atoms with van der Waals surface area (Å²) in [7, 11) is 0. The van der Waals surface area contributed by atoms with Crippen LogP contribution in [0.15, 0.2) is 42.0 Å². The maximum absolute atomic E-state index is 12.8. The SMILES string of the molecule is O=C(NC[C@H]1[C@H]2CN(c3nncs3)C[C@]23CC[C@H]1O3)c1cc2ccccc2cn1. The molecule has 1 aromatic carbocycles. The number of amides is 1. The molecule has 2 aromatic heterocycles. The zero-order valence-electron chi connectivity index (χ0n) is 15.8. The van der Waals surface area contributed by atoms with Gasteiger partial charge in [0.25, 0.3) is 5.91 Å². The van der Waals surface area contributed by atoms with E-state index in [2.05, 4.69) is 25.4 Å². The van der Waals surface area contributed by atoms with Gasteiger partial charge in [0.1, 0.15) is 11.2 Å². The third kappa shape index (κ3) is 2.73. The summed E-state index contributed by atoms with van der Waals surface area (Å²) in [6.45, 7) is 2.41. The van der Waals surface area contributed by atoms with Crippen LogP contribution in [-0.4, -0.2) is 52.4 Å². The molecule has 8 heteroatoms. The van der Waals surface area contributed by atoms with Crippen LogP contribution in [0.3, 0.4) is 0 Å². The zero-order chi connectivity index (χ0) is 19.4. The van der Waals surface area contributed by atoms with E-state index in [1.165, 1.54) is 0 Å². The number of anilines is 1. The van der Waals surface area contributed by atoms with Crippen LogP contribution in [-0.2, 0) is 4.74 Å². The van der Waals surface area contributed by atoms with Crippen molar-refractivity contribution in [3.05, 3.63) is 47.7 Å². The first-order valence-corrected chi connectivity index (χ1v) is 10.9. The lowest BCUT2D eigenvalue weighted by atomic mass is 9.73. The Bertz CT molecular complexity index is 1070. The van der Waals surface area contributed by atoms with Crippen LogP contribution >= 0.6 is 11.3 Å². The highest BCUT2D eigenvalue weighted by atomic mass is 32.1. The van der Waals surface area contributed by atoms with Gasteiger partial charge in [-0.3, -0.25) is 9.78 Å². The van der Waals surface area contributed by atoms with Gasteiger partial charge in [-0.1, -0.05) is 35.6 Å². The minimum atomic E-state index is -0.119. The Balaban J connectivity index is 1.17. The fourth-order valence-corrected chi connectivity index (χ4v) is 5.99. The molecule has 0 unspecified atom stereocenters. The molecule has 3 saturated heterocycles. The second-order valence-electron chi connectivity index (χ2n) is 8.26. The second kappa shape index (κ2) is 6.47. The van der Waals surface area contributed by atoms with Crippen molar-refractivity contribution in [3.63, 3.8) is 0 Å². The van der Waals surface area contributed by atoms with Gasteiger partial charge in [0.15, 0.2) is 0 Å². The number of pyridine rings is 1. The molecule has 2 bridgehead atoms. The molecule has 3 fully saturated rings. The number of aromatic nitrogens is 3. The van der Waals surface area contributed by atoms with Crippen LogP contribution in [0.4, 0.5) is 5.13 Å². The molecule has 0 saturated carbocycles. The van der Waals surface area contributed by atoms with Gasteiger partial charge in [-0.25, -0.2) is 0 Å². The summed E-state index contributed by atoms with van der Waals surface area (Å²) >= 11 is 1.57. The molecule has 3 aliphatic heterocycles. The van der Waals surface area contributed by atoms with Gasteiger partial charge in [-0.05, 0) is 24.3 Å². The largest absolute Gasteiger partial charge is 0.369 e. The summed E-state index contributed by atoms with van der Waals surface area (Å²) < 4.78 is 6.47. The van der Waals surface area contributed by atoms with Gasteiger partial charge in [-0.2, -0.15) is 0 Å². The van der Waals surface area contributed by atoms with E-state index in [9.17, 15) is 4.79 Å². The number of hydrogen-bond donors (Lipinski definition) is 1. The van der Waals surface area contributed by atoms with Gasteiger partial charge in [-0.15, -0.1) is 10.2 Å². The Morgan fingerprint density at radius 1 is 1.34 bits per heavy atom. The van der Waals surface area contributed by atoms with Gasteiger partial charge in [0, 0.05) is 43.1 Å². The van der Waals surface area contributed by atoms with Gasteiger partial charge in [0.05, 0.1) is 11.7 Å². The smallest absolute Gasteiger partial charge is 0.269 e. The summed E-state index contributed by atoms with van der Waals surface area (Å²) in [6, 6.07) is 9.80. The molecule has 148 valence electrons. The van der Waals surface area contributed by atoms with Crippen LogP contribution in [0.2, 0.25) is 0 Å². The Morgan fingerprint density at radius 2 is 2.24 bits per heavy atom. The van der Waals surface area contributed by atoms with Crippen LogP contribution in [0, 0.1) is 11.8 Å². The van der Waals surface area contributed by atoms with E-state index in [1.807, 2.05) is 30.3 Å². The molecule has 7 nitrogen and oxygen atoms in total. The summed E-state index contributed by atoms with van der Waals surface area (Å²) in [6.07, 6.45) is 4.15. The van der Waals surface area contributed by atoms with E-state index in [0.29, 0.717) is 24.1 Å². The van der Waals surface area contributed by atoms with Crippen molar-refractivity contribution in [1.82, 2.24) is 20.5 Å². The van der Waals surface area contributed by atoms with E-state index < -0.39 is 0 Å². The van der Waals surface area contributed by atoms with Gasteiger partial charge >= 0.3 is 0 Å². The lowest BCUT2D eigenvalue weighted by Crippen LogP contribution is -2.42. The average Bonchev–Trinajstić information content (AvgIpc) is 3.52. The van der Waals surface area contributed by atoms with Gasteiger partial charge < -0.3 is 15.0 Å². The molecule has 3 aliphatic rings.